The number of rotatable bonds is 6. The minimum Gasteiger partial charge on any atom is -0.357 e. The van der Waals surface area contributed by atoms with Crippen LogP contribution in [0.3, 0.4) is 0 Å². The minimum absolute atomic E-state index is 0.0674. The highest BCUT2D eigenvalue weighted by Crippen LogP contribution is 2.33. The van der Waals surface area contributed by atoms with E-state index in [0.717, 1.165) is 36.3 Å². The number of benzene rings is 1. The average Bonchev–Trinajstić information content (AvgIpc) is 2.95. The summed E-state index contributed by atoms with van der Waals surface area (Å²) >= 11 is 0. The number of imide groups is 1. The highest BCUT2D eigenvalue weighted by Gasteiger charge is 2.51. The molecule has 162 valence electrons. The predicted octanol–water partition coefficient (Wildman–Crippen LogP) is 1.51. The second kappa shape index (κ2) is 8.76. The Morgan fingerprint density at radius 2 is 1.87 bits per heavy atom. The molecule has 3 N–H and O–H groups in total. The molecule has 3 rings (SSSR count). The van der Waals surface area contributed by atoms with Crippen LogP contribution in [-0.4, -0.2) is 47.8 Å². The highest BCUT2D eigenvalue weighted by atomic mass is 19.2. The van der Waals surface area contributed by atoms with Crippen molar-refractivity contribution in [2.45, 2.75) is 50.1 Å². The van der Waals surface area contributed by atoms with Crippen molar-refractivity contribution in [3.8, 4) is 0 Å². The van der Waals surface area contributed by atoms with E-state index in [2.05, 4.69) is 16.0 Å². The van der Waals surface area contributed by atoms with E-state index in [0.29, 0.717) is 12.8 Å². The fourth-order valence-electron chi connectivity index (χ4n) is 3.96. The van der Waals surface area contributed by atoms with Gasteiger partial charge in [-0.1, -0.05) is 25.3 Å². The number of urea groups is 1. The van der Waals surface area contributed by atoms with Gasteiger partial charge in [0, 0.05) is 20.0 Å². The Bertz CT molecular complexity index is 870. The van der Waals surface area contributed by atoms with Crippen LogP contribution in [0.4, 0.5) is 13.6 Å². The van der Waals surface area contributed by atoms with Crippen molar-refractivity contribution in [2.24, 2.45) is 0 Å². The molecule has 0 bridgehead atoms. The van der Waals surface area contributed by atoms with Gasteiger partial charge in [-0.15, -0.1) is 0 Å². The molecule has 1 aromatic rings. The molecule has 8 nitrogen and oxygen atoms in total. The van der Waals surface area contributed by atoms with Gasteiger partial charge in [0.1, 0.15) is 11.6 Å². The van der Waals surface area contributed by atoms with E-state index >= 15 is 0 Å². The fraction of sp³-hybridized carbons (Fsp3) is 0.500. The lowest BCUT2D eigenvalue weighted by Crippen LogP contribution is -2.48. The summed E-state index contributed by atoms with van der Waals surface area (Å²) in [5.74, 6) is -3.78. The van der Waals surface area contributed by atoms with Crippen molar-refractivity contribution in [1.29, 1.82) is 0 Å². The number of likely N-dealkylation sites (N-methyl/N-ethyl adjacent to an activating group) is 1. The van der Waals surface area contributed by atoms with Gasteiger partial charge in [-0.2, -0.15) is 0 Å². The number of nitrogens with zero attached hydrogens (tertiary/aromatic N) is 1. The molecular formula is C20H24F2N4O4. The summed E-state index contributed by atoms with van der Waals surface area (Å²) in [7, 11) is 1.35. The maximum Gasteiger partial charge on any atom is 0.325 e. The Labute approximate surface area is 172 Å². The summed E-state index contributed by atoms with van der Waals surface area (Å²) in [6.07, 6.45) is 3.64. The summed E-state index contributed by atoms with van der Waals surface area (Å²) in [6.45, 7) is -0.142. The van der Waals surface area contributed by atoms with Gasteiger partial charge in [-0.3, -0.25) is 19.3 Å². The standard InChI is InChI=1S/C20H24F2N4O4/c1-23-17(28)16(12-5-6-13(21)14(22)11-12)24-15(27)7-10-26-18(29)20(25-19(26)30)8-3-2-4-9-20/h5-6,11,16H,2-4,7-10H2,1H3,(H,23,28)(H,24,27)(H,25,30). The number of halogens is 2. The number of hydrogen-bond acceptors (Lipinski definition) is 4. The SMILES string of the molecule is CNC(=O)C(NC(=O)CCN1C(=O)NC2(CCCCC2)C1=O)c1ccc(F)c(F)c1. The summed E-state index contributed by atoms with van der Waals surface area (Å²) in [5.41, 5.74) is -0.806. The molecule has 1 heterocycles. The van der Waals surface area contributed by atoms with Crippen molar-refractivity contribution in [1.82, 2.24) is 20.9 Å². The predicted molar refractivity (Wildman–Crippen MR) is 102 cm³/mol. The van der Waals surface area contributed by atoms with Gasteiger partial charge < -0.3 is 16.0 Å². The molecule has 2 fully saturated rings. The lowest BCUT2D eigenvalue weighted by molar-refractivity contribution is -0.133. The maximum absolute atomic E-state index is 13.5. The van der Waals surface area contributed by atoms with Gasteiger partial charge in [0.15, 0.2) is 11.6 Å². The van der Waals surface area contributed by atoms with Crippen LogP contribution in [0.1, 0.15) is 50.1 Å². The van der Waals surface area contributed by atoms with Crippen LogP contribution in [-0.2, 0) is 14.4 Å². The van der Waals surface area contributed by atoms with Crippen molar-refractivity contribution in [3.05, 3.63) is 35.4 Å². The second-order valence-corrected chi connectivity index (χ2v) is 7.57. The summed E-state index contributed by atoms with van der Waals surface area (Å²) in [5, 5.41) is 7.56. The molecule has 1 aliphatic carbocycles. The van der Waals surface area contributed by atoms with Crippen LogP contribution in [0.5, 0.6) is 0 Å². The average molecular weight is 422 g/mol. The molecule has 2 aliphatic rings. The van der Waals surface area contributed by atoms with Crippen LogP contribution >= 0.6 is 0 Å². The number of amides is 5. The minimum atomic E-state index is -1.25. The van der Waals surface area contributed by atoms with Gasteiger partial charge in [0.25, 0.3) is 5.91 Å². The summed E-state index contributed by atoms with van der Waals surface area (Å²) < 4.78 is 26.7. The fourth-order valence-corrected chi connectivity index (χ4v) is 3.96. The van der Waals surface area contributed by atoms with Crippen LogP contribution in [0, 0.1) is 11.6 Å². The van der Waals surface area contributed by atoms with Gasteiger partial charge in [-0.05, 0) is 30.5 Å². The van der Waals surface area contributed by atoms with Gasteiger partial charge in [-0.25, -0.2) is 13.6 Å². The third kappa shape index (κ3) is 4.27. The first-order valence-electron chi connectivity index (χ1n) is 9.87. The molecular weight excluding hydrogens is 398 g/mol. The van der Waals surface area contributed by atoms with Crippen molar-refractivity contribution in [3.63, 3.8) is 0 Å². The van der Waals surface area contributed by atoms with E-state index in [1.165, 1.54) is 13.1 Å². The third-order valence-corrected chi connectivity index (χ3v) is 5.61. The Balaban J connectivity index is 1.64. The molecule has 0 aromatic heterocycles. The Kier molecular flexibility index (Phi) is 6.33. The van der Waals surface area contributed by atoms with E-state index < -0.39 is 41.1 Å². The molecule has 1 saturated carbocycles. The molecule has 10 heteroatoms. The lowest BCUT2D eigenvalue weighted by Gasteiger charge is -2.30. The number of nitrogens with one attached hydrogen (secondary N) is 3. The smallest absolute Gasteiger partial charge is 0.325 e. The first kappa shape index (κ1) is 21.7. The van der Waals surface area contributed by atoms with Crippen LogP contribution < -0.4 is 16.0 Å². The summed E-state index contributed by atoms with van der Waals surface area (Å²) in [4.78, 5) is 50.6. The van der Waals surface area contributed by atoms with E-state index in [-0.39, 0.29) is 24.4 Å². The first-order chi connectivity index (χ1) is 14.3. The molecule has 0 radical (unpaired) electrons. The van der Waals surface area contributed by atoms with Crippen molar-refractivity contribution in [2.75, 3.05) is 13.6 Å². The molecule has 1 atom stereocenters. The van der Waals surface area contributed by atoms with Gasteiger partial charge in [0.2, 0.25) is 11.8 Å². The first-order valence-corrected chi connectivity index (χ1v) is 9.87. The monoisotopic (exact) mass is 422 g/mol. The number of carbonyl (C=O) groups excluding carboxylic acids is 4. The Hall–Kier alpha value is -3.04. The molecule has 1 spiro atoms. The zero-order chi connectivity index (χ0) is 21.9. The van der Waals surface area contributed by atoms with Crippen LogP contribution in [0.2, 0.25) is 0 Å². The van der Waals surface area contributed by atoms with E-state index in [9.17, 15) is 28.0 Å². The van der Waals surface area contributed by atoms with Crippen molar-refractivity contribution >= 4 is 23.8 Å². The van der Waals surface area contributed by atoms with Crippen molar-refractivity contribution < 1.29 is 28.0 Å². The summed E-state index contributed by atoms with van der Waals surface area (Å²) in [6, 6.07) is 1.12. The number of hydrogen-bond donors (Lipinski definition) is 3. The van der Waals surface area contributed by atoms with E-state index in [1.807, 2.05) is 0 Å². The van der Waals surface area contributed by atoms with Gasteiger partial charge >= 0.3 is 6.03 Å². The Morgan fingerprint density at radius 3 is 2.50 bits per heavy atom. The quantitative estimate of drug-likeness (QED) is 0.604. The van der Waals surface area contributed by atoms with E-state index in [1.54, 1.807) is 0 Å². The normalized spacial score (nSPS) is 18.8. The lowest BCUT2D eigenvalue weighted by atomic mass is 9.82. The van der Waals surface area contributed by atoms with E-state index in [4.69, 9.17) is 0 Å². The molecule has 30 heavy (non-hydrogen) atoms. The topological polar surface area (TPSA) is 108 Å². The zero-order valence-corrected chi connectivity index (χ0v) is 16.6. The van der Waals surface area contributed by atoms with Crippen LogP contribution in [0.25, 0.3) is 0 Å². The Morgan fingerprint density at radius 1 is 1.17 bits per heavy atom. The molecule has 1 aromatic carbocycles. The molecule has 1 aliphatic heterocycles. The highest BCUT2D eigenvalue weighted by molar-refractivity contribution is 6.07. The largest absolute Gasteiger partial charge is 0.357 e. The maximum atomic E-state index is 13.5. The molecule has 5 amide bonds. The molecule has 1 unspecified atom stereocenters. The number of carbonyl (C=O) groups is 4. The zero-order valence-electron chi connectivity index (χ0n) is 16.6. The van der Waals surface area contributed by atoms with Crippen LogP contribution in [0.15, 0.2) is 18.2 Å². The third-order valence-electron chi connectivity index (χ3n) is 5.61. The molecule has 1 saturated heterocycles. The second-order valence-electron chi connectivity index (χ2n) is 7.57. The van der Waals surface area contributed by atoms with Gasteiger partial charge in [0.05, 0.1) is 0 Å².